The van der Waals surface area contributed by atoms with Gasteiger partial charge < -0.3 is 9.47 Å². The van der Waals surface area contributed by atoms with Crippen LogP contribution in [0.3, 0.4) is 0 Å². The van der Waals surface area contributed by atoms with Crippen LogP contribution in [-0.4, -0.2) is 18.2 Å². The number of nitro benzene ring substituents is 1. The normalized spacial score (nSPS) is 10.6. The van der Waals surface area contributed by atoms with Crippen molar-refractivity contribution < 1.29 is 14.4 Å². The van der Waals surface area contributed by atoms with Crippen LogP contribution >= 0.6 is 0 Å². The fourth-order valence-electron chi connectivity index (χ4n) is 2.52. The average Bonchev–Trinajstić information content (AvgIpc) is 2.73. The van der Waals surface area contributed by atoms with Crippen molar-refractivity contribution in [1.82, 2.24) is 0 Å². The summed E-state index contributed by atoms with van der Waals surface area (Å²) >= 11 is 0. The Morgan fingerprint density at radius 2 is 1.79 bits per heavy atom. The molecular weight excluding hydrogens is 358 g/mol. The minimum Gasteiger partial charge on any atom is -0.493 e. The smallest absolute Gasteiger partial charge is 0.294 e. The Balaban J connectivity index is 1.68. The number of ether oxygens (including phenoxy) is 2. The maximum Gasteiger partial charge on any atom is 0.294 e. The quantitative estimate of drug-likeness (QED) is 0.351. The summed E-state index contributed by atoms with van der Waals surface area (Å²) in [6.45, 7) is 0.434. The van der Waals surface area contributed by atoms with Crippen molar-refractivity contribution >= 4 is 17.6 Å². The predicted molar refractivity (Wildman–Crippen MR) is 108 cm³/mol. The van der Waals surface area contributed by atoms with Gasteiger partial charge in [0.25, 0.3) is 5.69 Å². The molecule has 7 heteroatoms. The van der Waals surface area contributed by atoms with Gasteiger partial charge in [0.15, 0.2) is 11.5 Å². The molecular formula is C21H19N3O4. The zero-order valence-corrected chi connectivity index (χ0v) is 15.2. The monoisotopic (exact) mass is 377 g/mol. The molecule has 0 atom stereocenters. The highest BCUT2D eigenvalue weighted by atomic mass is 16.6. The second-order valence-electron chi connectivity index (χ2n) is 5.83. The highest BCUT2D eigenvalue weighted by Gasteiger charge is 2.11. The van der Waals surface area contributed by atoms with E-state index in [-0.39, 0.29) is 5.69 Å². The summed E-state index contributed by atoms with van der Waals surface area (Å²) in [5.74, 6) is 1.20. The summed E-state index contributed by atoms with van der Waals surface area (Å²) in [6, 6.07) is 21.6. The lowest BCUT2D eigenvalue weighted by Gasteiger charge is -2.11. The zero-order chi connectivity index (χ0) is 19.8. The van der Waals surface area contributed by atoms with Crippen molar-refractivity contribution in [2.24, 2.45) is 5.10 Å². The zero-order valence-electron chi connectivity index (χ0n) is 15.2. The van der Waals surface area contributed by atoms with Gasteiger partial charge in [-0.2, -0.15) is 5.10 Å². The third kappa shape index (κ3) is 4.85. The van der Waals surface area contributed by atoms with Crippen molar-refractivity contribution in [3.8, 4) is 11.5 Å². The number of hydrazone groups is 1. The number of methoxy groups -OCH3 is 1. The van der Waals surface area contributed by atoms with Crippen LogP contribution < -0.4 is 14.9 Å². The number of para-hydroxylation sites is 2. The van der Waals surface area contributed by atoms with Gasteiger partial charge in [-0.25, -0.2) is 0 Å². The number of hydrogen-bond donors (Lipinski definition) is 1. The molecule has 0 unspecified atom stereocenters. The van der Waals surface area contributed by atoms with Crippen molar-refractivity contribution in [2.75, 3.05) is 12.5 Å². The molecule has 0 aromatic heterocycles. The van der Waals surface area contributed by atoms with E-state index >= 15 is 0 Å². The Labute approximate surface area is 162 Å². The molecule has 0 aliphatic carbocycles. The second-order valence-corrected chi connectivity index (χ2v) is 5.83. The van der Waals surface area contributed by atoms with Gasteiger partial charge >= 0.3 is 0 Å². The first-order chi connectivity index (χ1) is 13.7. The van der Waals surface area contributed by atoms with Crippen LogP contribution in [0.15, 0.2) is 77.9 Å². The van der Waals surface area contributed by atoms with E-state index in [1.165, 1.54) is 6.07 Å². The maximum atomic E-state index is 11.0. The lowest BCUT2D eigenvalue weighted by Crippen LogP contribution is -1.99. The van der Waals surface area contributed by atoms with Crippen LogP contribution in [0.1, 0.15) is 11.1 Å². The molecule has 1 N–H and O–H groups in total. The Hall–Kier alpha value is -3.87. The highest BCUT2D eigenvalue weighted by Crippen LogP contribution is 2.28. The molecule has 0 heterocycles. The molecule has 0 saturated carbocycles. The summed E-state index contributed by atoms with van der Waals surface area (Å²) in [5.41, 5.74) is 4.79. The molecule has 7 nitrogen and oxygen atoms in total. The minimum absolute atomic E-state index is 0.0399. The van der Waals surface area contributed by atoms with Crippen LogP contribution in [-0.2, 0) is 6.61 Å². The SMILES string of the molecule is COc1cc(/C=N\Nc2ccccc2[N+](=O)[O-])ccc1OCc1ccccc1. The van der Waals surface area contributed by atoms with Crippen LogP contribution in [0.5, 0.6) is 11.5 Å². The first-order valence-corrected chi connectivity index (χ1v) is 8.54. The number of anilines is 1. The van der Waals surface area contributed by atoms with E-state index in [9.17, 15) is 10.1 Å². The van der Waals surface area contributed by atoms with Gasteiger partial charge in [0.05, 0.1) is 18.2 Å². The molecule has 0 spiro atoms. The number of nitro groups is 1. The summed E-state index contributed by atoms with van der Waals surface area (Å²) in [7, 11) is 1.57. The average molecular weight is 377 g/mol. The predicted octanol–water partition coefficient (Wildman–Crippen LogP) is 4.63. The summed E-state index contributed by atoms with van der Waals surface area (Å²) in [4.78, 5) is 10.6. The molecule has 3 aromatic carbocycles. The lowest BCUT2D eigenvalue weighted by atomic mass is 10.2. The van der Waals surface area contributed by atoms with Gasteiger partial charge in [0, 0.05) is 6.07 Å². The summed E-state index contributed by atoms with van der Waals surface area (Å²) in [6.07, 6.45) is 1.56. The molecule has 0 radical (unpaired) electrons. The third-order valence-electron chi connectivity index (χ3n) is 3.92. The Morgan fingerprint density at radius 1 is 1.04 bits per heavy atom. The fraction of sp³-hybridized carbons (Fsp3) is 0.0952. The number of nitrogens with zero attached hydrogens (tertiary/aromatic N) is 2. The van der Waals surface area contributed by atoms with Gasteiger partial charge in [0.1, 0.15) is 12.3 Å². The Kier molecular flexibility index (Phi) is 6.20. The standard InChI is InChI=1S/C21H19N3O4/c1-27-21-13-17(11-12-20(21)28-15-16-7-3-2-4-8-16)14-22-23-18-9-5-6-10-19(18)24(25)26/h2-14,23H,15H2,1H3/b22-14-. The van der Waals surface area contributed by atoms with E-state index in [1.807, 2.05) is 36.4 Å². The van der Waals surface area contributed by atoms with Crippen LogP contribution in [0.4, 0.5) is 11.4 Å². The Bertz CT molecular complexity index is 974. The van der Waals surface area contributed by atoms with E-state index in [1.54, 1.807) is 43.7 Å². The largest absolute Gasteiger partial charge is 0.493 e. The van der Waals surface area contributed by atoms with Crippen molar-refractivity contribution in [3.05, 3.63) is 94.0 Å². The first-order valence-electron chi connectivity index (χ1n) is 8.54. The molecule has 0 amide bonds. The fourth-order valence-corrected chi connectivity index (χ4v) is 2.52. The molecule has 0 fully saturated rings. The van der Waals surface area contributed by atoms with E-state index in [4.69, 9.17) is 9.47 Å². The van der Waals surface area contributed by atoms with Crippen LogP contribution in [0.2, 0.25) is 0 Å². The highest BCUT2D eigenvalue weighted by molar-refractivity contribution is 5.81. The number of rotatable bonds is 8. The molecule has 0 aliphatic heterocycles. The van der Waals surface area contributed by atoms with Gasteiger partial charge in [-0.15, -0.1) is 0 Å². The van der Waals surface area contributed by atoms with E-state index in [0.29, 0.717) is 23.8 Å². The molecule has 28 heavy (non-hydrogen) atoms. The molecule has 3 aromatic rings. The third-order valence-corrected chi connectivity index (χ3v) is 3.92. The van der Waals surface area contributed by atoms with E-state index in [0.717, 1.165) is 11.1 Å². The van der Waals surface area contributed by atoms with Gasteiger partial charge in [-0.05, 0) is 35.4 Å². The van der Waals surface area contributed by atoms with Gasteiger partial charge in [-0.1, -0.05) is 42.5 Å². The molecule has 0 aliphatic rings. The molecule has 0 saturated heterocycles. The summed E-state index contributed by atoms with van der Waals surface area (Å²) < 4.78 is 11.2. The number of hydrogen-bond acceptors (Lipinski definition) is 6. The van der Waals surface area contributed by atoms with Crippen molar-refractivity contribution in [2.45, 2.75) is 6.61 Å². The topological polar surface area (TPSA) is 86.0 Å². The Morgan fingerprint density at radius 3 is 2.54 bits per heavy atom. The first kappa shape index (κ1) is 18.9. The lowest BCUT2D eigenvalue weighted by molar-refractivity contribution is -0.384. The van der Waals surface area contributed by atoms with Gasteiger partial charge in [-0.3, -0.25) is 15.5 Å². The maximum absolute atomic E-state index is 11.0. The van der Waals surface area contributed by atoms with Crippen LogP contribution in [0.25, 0.3) is 0 Å². The second kappa shape index (κ2) is 9.18. The van der Waals surface area contributed by atoms with Gasteiger partial charge in [0.2, 0.25) is 0 Å². The van der Waals surface area contributed by atoms with E-state index in [2.05, 4.69) is 10.5 Å². The summed E-state index contributed by atoms with van der Waals surface area (Å²) in [5, 5.41) is 15.1. The van der Waals surface area contributed by atoms with E-state index < -0.39 is 4.92 Å². The van der Waals surface area contributed by atoms with Crippen molar-refractivity contribution in [1.29, 1.82) is 0 Å². The molecule has 0 bridgehead atoms. The molecule has 142 valence electrons. The minimum atomic E-state index is -0.459. The molecule has 3 rings (SSSR count). The number of benzene rings is 3. The van der Waals surface area contributed by atoms with Crippen molar-refractivity contribution in [3.63, 3.8) is 0 Å². The van der Waals surface area contributed by atoms with Crippen LogP contribution in [0, 0.1) is 10.1 Å². The number of nitrogens with one attached hydrogen (secondary N) is 1.